The van der Waals surface area contributed by atoms with Crippen molar-refractivity contribution in [2.75, 3.05) is 7.11 Å². The first-order valence-corrected chi connectivity index (χ1v) is 6.43. The van der Waals surface area contributed by atoms with Gasteiger partial charge in [-0.15, -0.1) is 0 Å². The number of ether oxygens (including phenoxy) is 1. The van der Waals surface area contributed by atoms with Crippen LogP contribution in [-0.4, -0.2) is 19.3 Å². The van der Waals surface area contributed by atoms with Crippen molar-refractivity contribution in [1.82, 2.24) is 0 Å². The first-order chi connectivity index (χ1) is 8.08. The quantitative estimate of drug-likeness (QED) is 0.822. The second-order valence-corrected chi connectivity index (χ2v) is 4.86. The van der Waals surface area contributed by atoms with Crippen molar-refractivity contribution < 1.29 is 4.74 Å². The predicted octanol–water partition coefficient (Wildman–Crippen LogP) is 2.99. The number of benzene rings is 1. The summed E-state index contributed by atoms with van der Waals surface area (Å²) >= 11 is 0. The minimum absolute atomic E-state index is 0.0837. The molecule has 2 nitrogen and oxygen atoms in total. The van der Waals surface area contributed by atoms with Crippen molar-refractivity contribution in [2.45, 2.75) is 52.2 Å². The highest BCUT2D eigenvalue weighted by atomic mass is 16.5. The van der Waals surface area contributed by atoms with Crippen LogP contribution in [0.3, 0.4) is 0 Å². The van der Waals surface area contributed by atoms with Gasteiger partial charge in [-0.2, -0.15) is 0 Å². The fourth-order valence-electron chi connectivity index (χ4n) is 2.20. The van der Waals surface area contributed by atoms with Gasteiger partial charge < -0.3 is 10.5 Å². The first-order valence-electron chi connectivity index (χ1n) is 6.43. The molecular formula is C15H25NO. The van der Waals surface area contributed by atoms with Crippen LogP contribution >= 0.6 is 0 Å². The Kier molecular flexibility index (Phi) is 5.66. The molecule has 0 bridgehead atoms. The van der Waals surface area contributed by atoms with Gasteiger partial charge in [-0.25, -0.2) is 0 Å². The minimum atomic E-state index is 0.0837. The van der Waals surface area contributed by atoms with Gasteiger partial charge >= 0.3 is 0 Å². The Balaban J connectivity index is 2.72. The third kappa shape index (κ3) is 4.14. The molecule has 0 saturated carbocycles. The molecule has 0 saturated heterocycles. The normalized spacial score (nSPS) is 14.6. The molecule has 0 fully saturated rings. The van der Waals surface area contributed by atoms with E-state index in [9.17, 15) is 0 Å². The van der Waals surface area contributed by atoms with E-state index in [1.807, 2.05) is 0 Å². The van der Waals surface area contributed by atoms with Gasteiger partial charge in [0, 0.05) is 13.2 Å². The highest BCUT2D eigenvalue weighted by Gasteiger charge is 2.17. The average Bonchev–Trinajstić information content (AvgIpc) is 2.30. The molecular weight excluding hydrogens is 210 g/mol. The van der Waals surface area contributed by atoms with E-state index in [0.717, 1.165) is 19.3 Å². The van der Waals surface area contributed by atoms with Gasteiger partial charge in [-0.3, -0.25) is 0 Å². The molecule has 0 amide bonds. The summed E-state index contributed by atoms with van der Waals surface area (Å²) in [6, 6.07) is 6.62. The summed E-state index contributed by atoms with van der Waals surface area (Å²) in [4.78, 5) is 0. The topological polar surface area (TPSA) is 35.2 Å². The maximum absolute atomic E-state index is 6.24. The van der Waals surface area contributed by atoms with Crippen LogP contribution in [-0.2, 0) is 11.2 Å². The van der Waals surface area contributed by atoms with E-state index in [0.29, 0.717) is 0 Å². The smallest absolute Gasteiger partial charge is 0.0725 e. The summed E-state index contributed by atoms with van der Waals surface area (Å²) in [6.45, 7) is 6.42. The molecule has 1 aromatic rings. The Labute approximate surface area is 105 Å². The fraction of sp³-hybridized carbons (Fsp3) is 0.600. The maximum atomic E-state index is 6.24. The lowest BCUT2D eigenvalue weighted by Crippen LogP contribution is -2.38. The summed E-state index contributed by atoms with van der Waals surface area (Å²) in [5.41, 5.74) is 10.2. The van der Waals surface area contributed by atoms with E-state index in [-0.39, 0.29) is 12.1 Å². The maximum Gasteiger partial charge on any atom is 0.0725 e. The number of methoxy groups -OCH3 is 1. The molecule has 0 radical (unpaired) electrons. The number of hydrogen-bond acceptors (Lipinski definition) is 2. The highest BCUT2D eigenvalue weighted by molar-refractivity contribution is 5.31. The zero-order chi connectivity index (χ0) is 12.8. The standard InChI is InChI=1S/C15H25NO/c1-5-6-15(17-4)14(16)10-13-9-11(2)7-8-12(13)3/h7-9,14-15H,5-6,10,16H2,1-4H3. The number of aryl methyl sites for hydroxylation is 2. The SMILES string of the molecule is CCCC(OC)C(N)Cc1cc(C)ccc1C. The molecule has 2 heteroatoms. The summed E-state index contributed by atoms with van der Waals surface area (Å²) in [6.07, 6.45) is 3.20. The lowest BCUT2D eigenvalue weighted by Gasteiger charge is -2.23. The third-order valence-electron chi connectivity index (χ3n) is 3.31. The molecule has 2 atom stereocenters. The van der Waals surface area contributed by atoms with Crippen LogP contribution in [0, 0.1) is 13.8 Å². The van der Waals surface area contributed by atoms with Crippen molar-refractivity contribution in [3.05, 3.63) is 34.9 Å². The van der Waals surface area contributed by atoms with E-state index in [4.69, 9.17) is 10.5 Å². The zero-order valence-electron chi connectivity index (χ0n) is 11.5. The molecule has 17 heavy (non-hydrogen) atoms. The molecule has 0 aliphatic rings. The van der Waals surface area contributed by atoms with Crippen molar-refractivity contribution in [3.63, 3.8) is 0 Å². The van der Waals surface area contributed by atoms with Crippen LogP contribution in [0.2, 0.25) is 0 Å². The Morgan fingerprint density at radius 1 is 1.29 bits per heavy atom. The lowest BCUT2D eigenvalue weighted by atomic mass is 9.95. The molecule has 0 heterocycles. The second-order valence-electron chi connectivity index (χ2n) is 4.86. The summed E-state index contributed by atoms with van der Waals surface area (Å²) < 4.78 is 5.47. The van der Waals surface area contributed by atoms with Crippen LogP contribution in [0.1, 0.15) is 36.5 Å². The Morgan fingerprint density at radius 3 is 2.59 bits per heavy atom. The van der Waals surface area contributed by atoms with Gasteiger partial charge in [0.2, 0.25) is 0 Å². The van der Waals surface area contributed by atoms with Crippen LogP contribution in [0.15, 0.2) is 18.2 Å². The predicted molar refractivity (Wildman–Crippen MR) is 73.3 cm³/mol. The van der Waals surface area contributed by atoms with E-state index >= 15 is 0 Å². The van der Waals surface area contributed by atoms with Gasteiger partial charge in [0.1, 0.15) is 0 Å². The Morgan fingerprint density at radius 2 is 2.00 bits per heavy atom. The molecule has 1 aromatic carbocycles. The molecule has 2 N–H and O–H groups in total. The highest BCUT2D eigenvalue weighted by Crippen LogP contribution is 2.15. The number of nitrogens with two attached hydrogens (primary N) is 1. The van der Waals surface area contributed by atoms with Gasteiger partial charge in [0.05, 0.1) is 6.10 Å². The lowest BCUT2D eigenvalue weighted by molar-refractivity contribution is 0.0726. The number of rotatable bonds is 6. The average molecular weight is 235 g/mol. The van der Waals surface area contributed by atoms with Crippen LogP contribution < -0.4 is 5.73 Å². The zero-order valence-corrected chi connectivity index (χ0v) is 11.5. The van der Waals surface area contributed by atoms with E-state index in [1.165, 1.54) is 16.7 Å². The van der Waals surface area contributed by atoms with Gasteiger partial charge in [-0.05, 0) is 37.8 Å². The Bertz CT molecular complexity index is 349. The van der Waals surface area contributed by atoms with Gasteiger partial charge in [-0.1, -0.05) is 37.1 Å². The van der Waals surface area contributed by atoms with Gasteiger partial charge in [0.15, 0.2) is 0 Å². The molecule has 0 aliphatic heterocycles. The van der Waals surface area contributed by atoms with Crippen molar-refractivity contribution in [1.29, 1.82) is 0 Å². The minimum Gasteiger partial charge on any atom is -0.380 e. The molecule has 0 aliphatic carbocycles. The van der Waals surface area contributed by atoms with Crippen LogP contribution in [0.4, 0.5) is 0 Å². The second kappa shape index (κ2) is 6.77. The van der Waals surface area contributed by atoms with Crippen molar-refractivity contribution >= 4 is 0 Å². The summed E-state index contributed by atoms with van der Waals surface area (Å²) in [5.74, 6) is 0. The first kappa shape index (κ1) is 14.2. The van der Waals surface area contributed by atoms with E-state index in [1.54, 1.807) is 7.11 Å². The van der Waals surface area contributed by atoms with Crippen LogP contribution in [0.25, 0.3) is 0 Å². The molecule has 96 valence electrons. The Hall–Kier alpha value is -0.860. The third-order valence-corrected chi connectivity index (χ3v) is 3.31. The fourth-order valence-corrected chi connectivity index (χ4v) is 2.20. The molecule has 0 spiro atoms. The van der Waals surface area contributed by atoms with E-state index in [2.05, 4.69) is 39.0 Å². The van der Waals surface area contributed by atoms with E-state index < -0.39 is 0 Å². The summed E-state index contributed by atoms with van der Waals surface area (Å²) in [5, 5.41) is 0. The monoisotopic (exact) mass is 235 g/mol. The van der Waals surface area contributed by atoms with Gasteiger partial charge in [0.25, 0.3) is 0 Å². The molecule has 0 aromatic heterocycles. The summed E-state index contributed by atoms with van der Waals surface area (Å²) in [7, 11) is 1.75. The van der Waals surface area contributed by atoms with Crippen molar-refractivity contribution in [2.24, 2.45) is 5.73 Å². The van der Waals surface area contributed by atoms with Crippen LogP contribution in [0.5, 0.6) is 0 Å². The van der Waals surface area contributed by atoms with Crippen molar-refractivity contribution in [3.8, 4) is 0 Å². The molecule has 1 rings (SSSR count). The number of hydrogen-bond donors (Lipinski definition) is 1. The largest absolute Gasteiger partial charge is 0.380 e. The molecule has 2 unspecified atom stereocenters.